The summed E-state index contributed by atoms with van der Waals surface area (Å²) in [5.74, 6) is 0.648. The Morgan fingerprint density at radius 2 is 2.17 bits per heavy atom. The molecule has 1 aromatic rings. The first-order chi connectivity index (χ1) is 8.39. The van der Waals surface area contributed by atoms with Gasteiger partial charge in [0.1, 0.15) is 0 Å². The second-order valence-corrected chi connectivity index (χ2v) is 4.65. The number of hydrogen-bond donors (Lipinski definition) is 0. The maximum Gasteiger partial charge on any atom is 0.417 e. The van der Waals surface area contributed by atoms with Gasteiger partial charge in [-0.1, -0.05) is 6.08 Å². The van der Waals surface area contributed by atoms with Crippen molar-refractivity contribution in [1.29, 1.82) is 0 Å². The van der Waals surface area contributed by atoms with Crippen LogP contribution in [0.4, 0.5) is 13.2 Å². The van der Waals surface area contributed by atoms with Crippen molar-refractivity contribution >= 4 is 17.5 Å². The largest absolute Gasteiger partial charge is 0.417 e. The third-order valence-electron chi connectivity index (χ3n) is 1.95. The minimum Gasteiger partial charge on any atom is -0.295 e. The first-order valence-corrected chi connectivity index (χ1v) is 6.21. The van der Waals surface area contributed by atoms with Gasteiger partial charge in [0.25, 0.3) is 0 Å². The summed E-state index contributed by atoms with van der Waals surface area (Å²) < 4.78 is 36.8. The van der Waals surface area contributed by atoms with Gasteiger partial charge in [-0.3, -0.25) is 4.79 Å². The lowest BCUT2D eigenvalue weighted by atomic mass is 10.3. The Labute approximate surface area is 107 Å². The van der Waals surface area contributed by atoms with Crippen LogP contribution in [0.25, 0.3) is 0 Å². The summed E-state index contributed by atoms with van der Waals surface area (Å²) in [6, 6.07) is 2.36. The summed E-state index contributed by atoms with van der Waals surface area (Å²) in [5.41, 5.74) is -0.747. The van der Waals surface area contributed by atoms with Crippen LogP contribution in [0.3, 0.4) is 0 Å². The third-order valence-corrected chi connectivity index (χ3v) is 2.93. The van der Waals surface area contributed by atoms with Gasteiger partial charge in [-0.25, -0.2) is 4.98 Å². The molecule has 0 aromatic carbocycles. The average Bonchev–Trinajstić information content (AvgIpc) is 2.27. The second kappa shape index (κ2) is 6.58. The van der Waals surface area contributed by atoms with E-state index in [9.17, 15) is 18.0 Å². The molecule has 0 aliphatic heterocycles. The number of halogens is 3. The normalized spacial score (nSPS) is 12.0. The van der Waals surface area contributed by atoms with Crippen molar-refractivity contribution in [2.75, 3.05) is 5.75 Å². The minimum absolute atomic E-state index is 0.0207. The highest BCUT2D eigenvalue weighted by Crippen LogP contribution is 2.29. The number of thioether (sulfide) groups is 1. The van der Waals surface area contributed by atoms with Gasteiger partial charge in [-0.05, 0) is 31.6 Å². The third kappa shape index (κ3) is 5.35. The molecule has 0 bridgehead atoms. The summed E-state index contributed by atoms with van der Waals surface area (Å²) in [4.78, 5) is 14.3. The number of alkyl halides is 3. The van der Waals surface area contributed by atoms with Gasteiger partial charge >= 0.3 is 6.18 Å². The fraction of sp³-hybridized carbons (Fsp3) is 0.333. The molecule has 0 unspecified atom stereocenters. The standard InChI is InChI=1S/C12H12F3NOS/c1-9(17)4-2-3-7-18-11-6-5-10(8-16-11)12(13,14)15/h2,4-6,8H,3,7H2,1H3/b4-2+. The molecule has 2 nitrogen and oxygen atoms in total. The quantitative estimate of drug-likeness (QED) is 0.466. The topological polar surface area (TPSA) is 30.0 Å². The maximum absolute atomic E-state index is 12.3. The molecule has 0 saturated heterocycles. The van der Waals surface area contributed by atoms with E-state index in [1.54, 1.807) is 6.08 Å². The highest BCUT2D eigenvalue weighted by Gasteiger charge is 2.30. The van der Waals surface area contributed by atoms with Crippen molar-refractivity contribution in [2.45, 2.75) is 24.5 Å². The zero-order valence-corrected chi connectivity index (χ0v) is 10.5. The number of ketones is 1. The molecule has 0 spiro atoms. The predicted octanol–water partition coefficient (Wildman–Crippen LogP) is 3.73. The molecule has 0 aliphatic rings. The van der Waals surface area contributed by atoms with Gasteiger partial charge in [-0.2, -0.15) is 13.2 Å². The second-order valence-electron chi connectivity index (χ2n) is 3.53. The van der Waals surface area contributed by atoms with Crippen LogP contribution in [0.15, 0.2) is 35.5 Å². The Hall–Kier alpha value is -1.30. The van der Waals surface area contributed by atoms with Crippen LogP contribution < -0.4 is 0 Å². The molecule has 18 heavy (non-hydrogen) atoms. The summed E-state index contributed by atoms with van der Waals surface area (Å²) in [5, 5.41) is 0.541. The molecule has 1 aromatic heterocycles. The van der Waals surface area contributed by atoms with E-state index < -0.39 is 11.7 Å². The SMILES string of the molecule is CC(=O)/C=C/CCSc1ccc(C(F)(F)F)cn1. The van der Waals surface area contributed by atoms with E-state index in [-0.39, 0.29) is 5.78 Å². The lowest BCUT2D eigenvalue weighted by Gasteiger charge is -2.06. The van der Waals surface area contributed by atoms with E-state index in [0.717, 1.165) is 12.3 Å². The molecule has 0 radical (unpaired) electrons. The average molecular weight is 275 g/mol. The Balaban J connectivity index is 2.43. The number of allylic oxidation sites excluding steroid dienone is 2. The Morgan fingerprint density at radius 1 is 1.44 bits per heavy atom. The van der Waals surface area contributed by atoms with Gasteiger partial charge in [0, 0.05) is 11.9 Å². The lowest BCUT2D eigenvalue weighted by molar-refractivity contribution is -0.137. The van der Waals surface area contributed by atoms with Crippen LogP contribution in [0.5, 0.6) is 0 Å². The first kappa shape index (κ1) is 14.8. The van der Waals surface area contributed by atoms with Gasteiger partial charge in [0.05, 0.1) is 10.6 Å². The van der Waals surface area contributed by atoms with Crippen LogP contribution >= 0.6 is 11.8 Å². The number of aromatic nitrogens is 1. The van der Waals surface area contributed by atoms with Crippen LogP contribution in [0.2, 0.25) is 0 Å². The van der Waals surface area contributed by atoms with Crippen LogP contribution in [0, 0.1) is 0 Å². The molecule has 0 amide bonds. The summed E-state index contributed by atoms with van der Waals surface area (Å²) in [7, 11) is 0. The monoisotopic (exact) mass is 275 g/mol. The molecule has 0 atom stereocenters. The van der Waals surface area contributed by atoms with Crippen molar-refractivity contribution in [3.63, 3.8) is 0 Å². The fourth-order valence-corrected chi connectivity index (χ4v) is 1.87. The molecule has 0 saturated carbocycles. The van der Waals surface area contributed by atoms with Crippen LogP contribution in [-0.4, -0.2) is 16.5 Å². The van der Waals surface area contributed by atoms with Gasteiger partial charge in [0.2, 0.25) is 0 Å². The summed E-state index contributed by atoms with van der Waals surface area (Å²) in [6.45, 7) is 1.46. The summed E-state index contributed by atoms with van der Waals surface area (Å²) >= 11 is 1.35. The van der Waals surface area contributed by atoms with Crippen molar-refractivity contribution < 1.29 is 18.0 Å². The van der Waals surface area contributed by atoms with Crippen molar-refractivity contribution in [3.8, 4) is 0 Å². The number of nitrogens with zero attached hydrogens (tertiary/aromatic N) is 1. The molecule has 98 valence electrons. The number of pyridine rings is 1. The predicted molar refractivity (Wildman–Crippen MR) is 64.4 cm³/mol. The summed E-state index contributed by atoms with van der Waals surface area (Å²) in [6.07, 6.45) is 0.362. The molecule has 0 aliphatic carbocycles. The van der Waals surface area contributed by atoms with Gasteiger partial charge < -0.3 is 0 Å². The lowest BCUT2D eigenvalue weighted by Crippen LogP contribution is -2.05. The molecule has 1 heterocycles. The zero-order chi connectivity index (χ0) is 13.6. The number of carbonyl (C=O) groups excluding carboxylic acids is 1. The molecular formula is C12H12F3NOS. The van der Waals surface area contributed by atoms with Gasteiger partial charge in [-0.15, -0.1) is 11.8 Å². The molecule has 6 heteroatoms. The smallest absolute Gasteiger partial charge is 0.295 e. The van der Waals surface area contributed by atoms with Crippen LogP contribution in [0.1, 0.15) is 18.9 Å². The minimum atomic E-state index is -4.35. The maximum atomic E-state index is 12.3. The zero-order valence-electron chi connectivity index (χ0n) is 9.70. The van der Waals surface area contributed by atoms with E-state index in [0.29, 0.717) is 17.2 Å². The Bertz CT molecular complexity index is 426. The first-order valence-electron chi connectivity index (χ1n) is 5.23. The van der Waals surface area contributed by atoms with E-state index in [1.165, 1.54) is 30.8 Å². The molecule has 0 fully saturated rings. The van der Waals surface area contributed by atoms with Gasteiger partial charge in [0.15, 0.2) is 5.78 Å². The van der Waals surface area contributed by atoms with E-state index >= 15 is 0 Å². The number of hydrogen-bond acceptors (Lipinski definition) is 3. The van der Waals surface area contributed by atoms with E-state index in [1.807, 2.05) is 0 Å². The number of carbonyl (C=O) groups is 1. The Kier molecular flexibility index (Phi) is 5.40. The van der Waals surface area contributed by atoms with Crippen LogP contribution in [-0.2, 0) is 11.0 Å². The van der Waals surface area contributed by atoms with Crippen molar-refractivity contribution in [2.24, 2.45) is 0 Å². The highest BCUT2D eigenvalue weighted by atomic mass is 32.2. The van der Waals surface area contributed by atoms with Crippen molar-refractivity contribution in [1.82, 2.24) is 4.98 Å². The van der Waals surface area contributed by atoms with E-state index in [4.69, 9.17) is 0 Å². The number of rotatable bonds is 5. The Morgan fingerprint density at radius 3 is 2.67 bits per heavy atom. The fourth-order valence-electron chi connectivity index (χ4n) is 1.11. The highest BCUT2D eigenvalue weighted by molar-refractivity contribution is 7.99. The molecular weight excluding hydrogens is 263 g/mol. The van der Waals surface area contributed by atoms with Crippen molar-refractivity contribution in [3.05, 3.63) is 36.0 Å². The van der Waals surface area contributed by atoms with E-state index in [2.05, 4.69) is 4.98 Å². The molecule has 1 rings (SSSR count). The molecule has 0 N–H and O–H groups in total.